The number of halogens is 2. The molecule has 0 heterocycles. The summed E-state index contributed by atoms with van der Waals surface area (Å²) < 4.78 is 0. The zero-order valence-electron chi connectivity index (χ0n) is 11.6. The Kier molecular flexibility index (Phi) is 6.20. The molecule has 0 bridgehead atoms. The highest BCUT2D eigenvalue weighted by atomic mass is 35.5. The van der Waals surface area contributed by atoms with Crippen LogP contribution in [0.2, 0.25) is 10.0 Å². The molecule has 21 heavy (non-hydrogen) atoms. The third-order valence-corrected chi connectivity index (χ3v) is 3.53. The van der Waals surface area contributed by atoms with Crippen LogP contribution in [0, 0.1) is 0 Å². The van der Waals surface area contributed by atoms with Crippen molar-refractivity contribution in [3.8, 4) is 0 Å². The summed E-state index contributed by atoms with van der Waals surface area (Å²) in [5.74, 6) is -1.74. The summed E-state index contributed by atoms with van der Waals surface area (Å²) >= 11 is 12.2. The average molecular weight is 332 g/mol. The van der Waals surface area contributed by atoms with E-state index in [9.17, 15) is 9.59 Å². The quantitative estimate of drug-likeness (QED) is 0.810. The maximum atomic E-state index is 12.1. The molecule has 1 amide bonds. The van der Waals surface area contributed by atoms with Crippen LogP contribution < -0.4 is 0 Å². The van der Waals surface area contributed by atoms with Gasteiger partial charge >= 0.3 is 5.97 Å². The zero-order chi connectivity index (χ0) is 16.2. The fraction of sp³-hybridized carbons (Fsp3) is 0.286. The number of amides is 1. The number of carboxylic acids is 1. The summed E-state index contributed by atoms with van der Waals surface area (Å²) in [4.78, 5) is 24.3. The highest BCUT2D eigenvalue weighted by Gasteiger charge is 2.21. The topological polar surface area (TPSA) is 77.8 Å². The van der Waals surface area contributed by atoms with E-state index in [0.29, 0.717) is 10.6 Å². The summed E-state index contributed by atoms with van der Waals surface area (Å²) in [6, 6.07) is 3.01. The standard InChI is InChI=1S/C14H15Cl2NO4/c1-17(2)14(21)10(7-12(19)20)8-3-4-11(15)9(5-6-18)13(8)16/h3-4,7,18H,5-6H2,1-2H3,(H,19,20). The van der Waals surface area contributed by atoms with E-state index in [4.69, 9.17) is 33.4 Å². The molecule has 2 N–H and O–H groups in total. The number of hydrogen-bond acceptors (Lipinski definition) is 3. The van der Waals surface area contributed by atoms with Gasteiger partial charge in [0.1, 0.15) is 0 Å². The first-order chi connectivity index (χ1) is 9.79. The Morgan fingerprint density at radius 1 is 1.29 bits per heavy atom. The van der Waals surface area contributed by atoms with E-state index in [-0.39, 0.29) is 29.2 Å². The van der Waals surface area contributed by atoms with Crippen molar-refractivity contribution in [1.29, 1.82) is 0 Å². The van der Waals surface area contributed by atoms with Crippen molar-refractivity contribution in [2.24, 2.45) is 0 Å². The van der Waals surface area contributed by atoms with Gasteiger partial charge in [-0.05, 0) is 18.1 Å². The highest BCUT2D eigenvalue weighted by molar-refractivity contribution is 6.39. The number of aliphatic hydroxyl groups excluding tert-OH is 1. The van der Waals surface area contributed by atoms with E-state index >= 15 is 0 Å². The van der Waals surface area contributed by atoms with E-state index < -0.39 is 11.9 Å². The number of benzene rings is 1. The third kappa shape index (κ3) is 4.20. The van der Waals surface area contributed by atoms with Crippen LogP contribution in [0.4, 0.5) is 0 Å². The predicted molar refractivity (Wildman–Crippen MR) is 81.6 cm³/mol. The fourth-order valence-electron chi connectivity index (χ4n) is 1.77. The SMILES string of the molecule is CN(C)C(=O)C(=CC(=O)O)c1ccc(Cl)c(CCO)c1Cl. The molecule has 0 fully saturated rings. The lowest BCUT2D eigenvalue weighted by Gasteiger charge is -2.16. The molecule has 0 aliphatic heterocycles. The van der Waals surface area contributed by atoms with Crippen molar-refractivity contribution in [3.05, 3.63) is 39.4 Å². The Morgan fingerprint density at radius 3 is 2.38 bits per heavy atom. The number of carboxylic acid groups (broad SMARTS) is 1. The van der Waals surface area contributed by atoms with Gasteiger partial charge < -0.3 is 15.1 Å². The molecule has 0 aromatic heterocycles. The number of aliphatic hydroxyl groups is 1. The lowest BCUT2D eigenvalue weighted by molar-refractivity contribution is -0.131. The number of likely N-dealkylation sites (N-methyl/N-ethyl adjacent to an activating group) is 1. The van der Waals surface area contributed by atoms with Gasteiger partial charge in [0.2, 0.25) is 0 Å². The lowest BCUT2D eigenvalue weighted by atomic mass is 10.00. The van der Waals surface area contributed by atoms with Crippen molar-refractivity contribution in [1.82, 2.24) is 4.90 Å². The first-order valence-electron chi connectivity index (χ1n) is 6.04. The highest BCUT2D eigenvalue weighted by Crippen LogP contribution is 2.33. The lowest BCUT2D eigenvalue weighted by Crippen LogP contribution is -2.23. The molecule has 0 saturated heterocycles. The minimum Gasteiger partial charge on any atom is -0.478 e. The second-order valence-corrected chi connectivity index (χ2v) is 5.24. The molecule has 0 radical (unpaired) electrons. The summed E-state index contributed by atoms with van der Waals surface area (Å²) in [6.45, 7) is -0.164. The van der Waals surface area contributed by atoms with Crippen LogP contribution in [0.25, 0.3) is 5.57 Å². The molecule has 1 rings (SSSR count). The molecule has 114 valence electrons. The maximum Gasteiger partial charge on any atom is 0.329 e. The maximum absolute atomic E-state index is 12.1. The van der Waals surface area contributed by atoms with E-state index in [0.717, 1.165) is 6.08 Å². The zero-order valence-corrected chi connectivity index (χ0v) is 13.1. The molecule has 0 aliphatic carbocycles. The largest absolute Gasteiger partial charge is 0.478 e. The van der Waals surface area contributed by atoms with Gasteiger partial charge in [-0.15, -0.1) is 0 Å². The molecular weight excluding hydrogens is 317 g/mol. The van der Waals surface area contributed by atoms with Crippen LogP contribution in [-0.4, -0.2) is 47.7 Å². The Balaban J connectivity index is 3.49. The molecule has 1 aromatic carbocycles. The van der Waals surface area contributed by atoms with E-state index in [1.807, 2.05) is 0 Å². The number of hydrogen-bond donors (Lipinski definition) is 2. The second kappa shape index (κ2) is 7.45. The van der Waals surface area contributed by atoms with Crippen LogP contribution in [0.15, 0.2) is 18.2 Å². The molecule has 0 unspecified atom stereocenters. The van der Waals surface area contributed by atoms with Gasteiger partial charge in [-0.3, -0.25) is 4.79 Å². The number of carbonyl (C=O) groups is 2. The minimum absolute atomic E-state index is 0.0478. The Bertz CT molecular complexity index is 597. The third-order valence-electron chi connectivity index (χ3n) is 2.74. The molecule has 7 heteroatoms. The van der Waals surface area contributed by atoms with E-state index in [2.05, 4.69) is 0 Å². The summed E-state index contributed by atoms with van der Waals surface area (Å²) in [5, 5.41) is 18.5. The van der Waals surface area contributed by atoms with Crippen LogP contribution in [-0.2, 0) is 16.0 Å². The normalized spacial score (nSPS) is 11.4. The molecule has 0 atom stereocenters. The van der Waals surface area contributed by atoms with Crippen LogP contribution >= 0.6 is 23.2 Å². The monoisotopic (exact) mass is 331 g/mol. The Morgan fingerprint density at radius 2 is 1.90 bits per heavy atom. The Hall–Kier alpha value is -1.56. The number of aliphatic carboxylic acids is 1. The number of rotatable bonds is 5. The van der Waals surface area contributed by atoms with Crippen molar-refractivity contribution < 1.29 is 19.8 Å². The average Bonchev–Trinajstić information content (AvgIpc) is 2.40. The van der Waals surface area contributed by atoms with Crippen molar-refractivity contribution in [2.45, 2.75) is 6.42 Å². The van der Waals surface area contributed by atoms with Crippen molar-refractivity contribution in [3.63, 3.8) is 0 Å². The predicted octanol–water partition coefficient (Wildman–Crippen LogP) is 2.08. The fourth-order valence-corrected chi connectivity index (χ4v) is 2.43. The molecular formula is C14H15Cl2NO4. The van der Waals surface area contributed by atoms with Gasteiger partial charge in [0.05, 0.1) is 10.6 Å². The molecule has 0 spiro atoms. The molecule has 0 aliphatic rings. The van der Waals surface area contributed by atoms with Crippen LogP contribution in [0.3, 0.4) is 0 Å². The second-order valence-electron chi connectivity index (χ2n) is 4.46. The van der Waals surface area contributed by atoms with Gasteiger partial charge in [0, 0.05) is 37.4 Å². The van der Waals surface area contributed by atoms with Gasteiger partial charge in [-0.25, -0.2) is 4.79 Å². The summed E-state index contributed by atoms with van der Waals surface area (Å²) in [5.41, 5.74) is 0.695. The smallest absolute Gasteiger partial charge is 0.329 e. The number of carbonyl (C=O) groups excluding carboxylic acids is 1. The van der Waals surface area contributed by atoms with Gasteiger partial charge in [0.15, 0.2) is 0 Å². The van der Waals surface area contributed by atoms with Gasteiger partial charge in [-0.1, -0.05) is 29.3 Å². The van der Waals surface area contributed by atoms with Crippen molar-refractivity contribution in [2.75, 3.05) is 20.7 Å². The summed E-state index contributed by atoms with van der Waals surface area (Å²) in [7, 11) is 3.02. The molecule has 5 nitrogen and oxygen atoms in total. The van der Waals surface area contributed by atoms with Crippen LogP contribution in [0.5, 0.6) is 0 Å². The van der Waals surface area contributed by atoms with Crippen molar-refractivity contribution >= 4 is 40.7 Å². The van der Waals surface area contributed by atoms with E-state index in [1.165, 1.54) is 31.1 Å². The van der Waals surface area contributed by atoms with E-state index in [1.54, 1.807) is 0 Å². The summed E-state index contributed by atoms with van der Waals surface area (Å²) in [6.07, 6.45) is 1.02. The first-order valence-corrected chi connectivity index (χ1v) is 6.79. The Labute approximate surface area is 132 Å². The molecule has 1 aromatic rings. The molecule has 0 saturated carbocycles. The van der Waals surface area contributed by atoms with Gasteiger partial charge in [-0.2, -0.15) is 0 Å². The minimum atomic E-state index is -1.25. The number of nitrogens with zero attached hydrogens (tertiary/aromatic N) is 1. The van der Waals surface area contributed by atoms with Crippen LogP contribution in [0.1, 0.15) is 11.1 Å². The first kappa shape index (κ1) is 17.5. The van der Waals surface area contributed by atoms with Gasteiger partial charge in [0.25, 0.3) is 5.91 Å².